The number of aliphatic imine (C=N–C) groups is 1. The molecule has 0 aliphatic rings. The molecule has 3 heteroatoms. The largest absolute Gasteiger partial charge is 0.212 e. The molecule has 1 aromatic carbocycles. The summed E-state index contributed by atoms with van der Waals surface area (Å²) in [5.74, 6) is -0.450. The van der Waals surface area contributed by atoms with E-state index in [0.29, 0.717) is 0 Å². The first-order chi connectivity index (χ1) is 9.43. The van der Waals surface area contributed by atoms with E-state index in [9.17, 15) is 4.39 Å². The number of allylic oxidation sites excluding steroid dienone is 2. The van der Waals surface area contributed by atoms with Crippen LogP contribution >= 0.6 is 11.6 Å². The lowest BCUT2D eigenvalue weighted by Crippen LogP contribution is -1.93. The zero-order valence-electron chi connectivity index (χ0n) is 12.5. The van der Waals surface area contributed by atoms with E-state index in [4.69, 9.17) is 11.6 Å². The van der Waals surface area contributed by atoms with E-state index < -0.39 is 5.97 Å². The molecule has 0 amide bonds. The van der Waals surface area contributed by atoms with E-state index in [-0.39, 0.29) is 11.1 Å². The molecular weight excluding hydrogens is 273 g/mol. The zero-order valence-corrected chi connectivity index (χ0v) is 13.2. The monoisotopic (exact) mass is 293 g/mol. The number of rotatable bonds is 5. The van der Waals surface area contributed by atoms with Gasteiger partial charge in [-0.2, -0.15) is 4.39 Å². The third kappa shape index (κ3) is 5.30. The molecule has 1 nitrogen and oxygen atoms in total. The highest BCUT2D eigenvalue weighted by molar-refractivity contribution is 6.29. The molecule has 1 aromatic rings. The van der Waals surface area contributed by atoms with Crippen LogP contribution in [0.4, 0.5) is 4.39 Å². The van der Waals surface area contributed by atoms with Gasteiger partial charge in [0, 0.05) is 12.8 Å². The third-order valence-electron chi connectivity index (χ3n) is 3.01. The summed E-state index contributed by atoms with van der Waals surface area (Å²) >= 11 is 5.89. The molecule has 0 radical (unpaired) electrons. The van der Waals surface area contributed by atoms with Crippen LogP contribution in [-0.4, -0.2) is 5.97 Å². The molecule has 0 saturated heterocycles. The van der Waals surface area contributed by atoms with Crippen LogP contribution in [0.15, 0.2) is 40.5 Å². The van der Waals surface area contributed by atoms with Crippen molar-refractivity contribution in [1.29, 1.82) is 0 Å². The van der Waals surface area contributed by atoms with E-state index in [0.717, 1.165) is 12.0 Å². The van der Waals surface area contributed by atoms with Crippen LogP contribution < -0.4 is 0 Å². The fourth-order valence-electron chi connectivity index (χ4n) is 1.85. The van der Waals surface area contributed by atoms with Gasteiger partial charge in [0.25, 0.3) is 0 Å². The molecule has 1 atom stereocenters. The van der Waals surface area contributed by atoms with Crippen LogP contribution in [0, 0.1) is 6.92 Å². The Morgan fingerprint density at radius 1 is 1.45 bits per heavy atom. The quantitative estimate of drug-likeness (QED) is 0.467. The minimum atomic E-state index is -0.533. The van der Waals surface area contributed by atoms with Gasteiger partial charge < -0.3 is 0 Å². The van der Waals surface area contributed by atoms with Gasteiger partial charge in [0.2, 0.25) is 0 Å². The fraction of sp³-hybridized carbons (Fsp3) is 0.353. The lowest BCUT2D eigenvalue weighted by Gasteiger charge is -2.10. The van der Waals surface area contributed by atoms with Crippen molar-refractivity contribution < 1.29 is 4.39 Å². The van der Waals surface area contributed by atoms with E-state index in [1.54, 1.807) is 6.08 Å². The van der Waals surface area contributed by atoms with Gasteiger partial charge in [-0.1, -0.05) is 55.8 Å². The molecule has 108 valence electrons. The Balaban J connectivity index is 3.02. The smallest absolute Gasteiger partial charge is 0.187 e. The Morgan fingerprint density at radius 2 is 2.15 bits per heavy atom. The van der Waals surface area contributed by atoms with Gasteiger partial charge in [0.05, 0.1) is 0 Å². The van der Waals surface area contributed by atoms with Crippen molar-refractivity contribution in [3.63, 3.8) is 0 Å². The summed E-state index contributed by atoms with van der Waals surface area (Å²) in [6.45, 7) is 7.49. The molecule has 0 aromatic heterocycles. The van der Waals surface area contributed by atoms with Crippen molar-refractivity contribution in [2.45, 2.75) is 40.0 Å². The maximum absolute atomic E-state index is 12.7. The first kappa shape index (κ1) is 16.6. The van der Waals surface area contributed by atoms with Crippen LogP contribution in [-0.2, 0) is 0 Å². The molecule has 0 fully saturated rings. The molecule has 20 heavy (non-hydrogen) atoms. The van der Waals surface area contributed by atoms with Gasteiger partial charge in [-0.05, 0) is 36.1 Å². The van der Waals surface area contributed by atoms with Crippen molar-refractivity contribution in [3.8, 4) is 0 Å². The molecule has 0 aliphatic carbocycles. The number of benzene rings is 1. The van der Waals surface area contributed by atoms with Gasteiger partial charge in [-0.3, -0.25) is 0 Å². The van der Waals surface area contributed by atoms with Crippen molar-refractivity contribution in [2.75, 3.05) is 0 Å². The molecule has 0 saturated carbocycles. The summed E-state index contributed by atoms with van der Waals surface area (Å²) in [5.41, 5.74) is 3.57. The minimum Gasteiger partial charge on any atom is -0.212 e. The predicted octanol–water partition coefficient (Wildman–Crippen LogP) is 5.99. The normalized spacial score (nSPS) is 14.9. The van der Waals surface area contributed by atoms with E-state index >= 15 is 0 Å². The van der Waals surface area contributed by atoms with Crippen LogP contribution in [0.5, 0.6) is 0 Å². The van der Waals surface area contributed by atoms with E-state index in [1.165, 1.54) is 18.1 Å². The molecule has 1 rings (SSSR count). The lowest BCUT2D eigenvalue weighted by molar-refractivity contribution is 0.796. The molecule has 0 spiro atoms. The number of halogens is 2. The minimum absolute atomic E-state index is 0.0833. The summed E-state index contributed by atoms with van der Waals surface area (Å²) < 4.78 is 12.7. The van der Waals surface area contributed by atoms with Gasteiger partial charge in [0.1, 0.15) is 5.16 Å². The van der Waals surface area contributed by atoms with Crippen molar-refractivity contribution in [1.82, 2.24) is 0 Å². The van der Waals surface area contributed by atoms with E-state index in [1.807, 2.05) is 6.92 Å². The third-order valence-corrected chi connectivity index (χ3v) is 3.22. The number of hydrogen-bond donors (Lipinski definition) is 0. The Labute approximate surface area is 125 Å². The van der Waals surface area contributed by atoms with Gasteiger partial charge >= 0.3 is 0 Å². The molecule has 0 aliphatic heterocycles. The second kappa shape index (κ2) is 8.01. The Bertz CT molecular complexity index is 540. The average Bonchev–Trinajstić information content (AvgIpc) is 2.36. The standard InChI is InChI=1S/C17H21ClFN/c1-5-6-7-15-11-16(9-8-12(15)2)13(3)10-17(18)20-14(4)19/h6-11,13H,5H2,1-4H3/b7-6-,17-10-,20-14+. The number of nitrogens with zero attached hydrogens (tertiary/aromatic N) is 1. The maximum Gasteiger partial charge on any atom is 0.187 e. The summed E-state index contributed by atoms with van der Waals surface area (Å²) in [6.07, 6.45) is 7.02. The molecule has 0 N–H and O–H groups in total. The molecule has 0 heterocycles. The SMILES string of the molecule is CC/C=C\c1cc(C(C)/C=C(Cl)\N=C(/C)F)ccc1C. The van der Waals surface area contributed by atoms with Crippen LogP contribution in [0.3, 0.4) is 0 Å². The van der Waals surface area contributed by atoms with E-state index in [2.05, 4.69) is 49.2 Å². The molecule has 1 unspecified atom stereocenters. The highest BCUT2D eigenvalue weighted by Crippen LogP contribution is 2.23. The van der Waals surface area contributed by atoms with Gasteiger partial charge in [-0.15, -0.1) is 0 Å². The molecular formula is C17H21ClFN. The Morgan fingerprint density at radius 3 is 2.75 bits per heavy atom. The number of aryl methyl sites for hydroxylation is 1. The van der Waals surface area contributed by atoms with Crippen molar-refractivity contribution >= 4 is 23.6 Å². The topological polar surface area (TPSA) is 12.4 Å². The highest BCUT2D eigenvalue weighted by atomic mass is 35.5. The van der Waals surface area contributed by atoms with Crippen molar-refractivity contribution in [3.05, 3.63) is 52.2 Å². The maximum atomic E-state index is 12.7. The van der Waals surface area contributed by atoms with Crippen LogP contribution in [0.25, 0.3) is 6.08 Å². The van der Waals surface area contributed by atoms with Crippen LogP contribution in [0.1, 0.15) is 49.8 Å². The second-order valence-corrected chi connectivity index (χ2v) is 5.20. The predicted molar refractivity (Wildman–Crippen MR) is 87.1 cm³/mol. The average molecular weight is 294 g/mol. The number of hydrogen-bond acceptors (Lipinski definition) is 1. The lowest BCUT2D eigenvalue weighted by atomic mass is 9.96. The highest BCUT2D eigenvalue weighted by Gasteiger charge is 2.06. The zero-order chi connectivity index (χ0) is 15.1. The van der Waals surface area contributed by atoms with Crippen LogP contribution in [0.2, 0.25) is 0 Å². The Kier molecular flexibility index (Phi) is 6.66. The fourth-order valence-corrected chi connectivity index (χ4v) is 2.16. The molecule has 0 bridgehead atoms. The first-order valence-corrected chi connectivity index (χ1v) is 7.17. The second-order valence-electron chi connectivity index (χ2n) is 4.81. The summed E-state index contributed by atoms with van der Waals surface area (Å²) in [5, 5.41) is 0.184. The summed E-state index contributed by atoms with van der Waals surface area (Å²) in [6, 6.07) is 6.29. The van der Waals surface area contributed by atoms with Gasteiger partial charge in [-0.25, -0.2) is 4.99 Å². The summed E-state index contributed by atoms with van der Waals surface area (Å²) in [4.78, 5) is 3.59. The Hall–Kier alpha value is -1.41. The summed E-state index contributed by atoms with van der Waals surface area (Å²) in [7, 11) is 0. The van der Waals surface area contributed by atoms with Gasteiger partial charge in [0.15, 0.2) is 5.97 Å². The first-order valence-electron chi connectivity index (χ1n) is 6.79. The van der Waals surface area contributed by atoms with Crippen molar-refractivity contribution in [2.24, 2.45) is 4.99 Å².